The first kappa shape index (κ1) is 40.2. The van der Waals surface area contributed by atoms with Crippen molar-refractivity contribution in [2.45, 2.75) is 79.1 Å². The summed E-state index contributed by atoms with van der Waals surface area (Å²) in [4.78, 5) is 37.7. The molecular formula is C42H49NO10. The molecule has 0 aliphatic heterocycles. The van der Waals surface area contributed by atoms with Gasteiger partial charge in [0.25, 0.3) is 0 Å². The highest BCUT2D eigenvalue weighted by Crippen LogP contribution is 2.35. The predicted octanol–water partition coefficient (Wildman–Crippen LogP) is 10.4. The minimum absolute atomic E-state index is 0.166. The Bertz CT molecular complexity index is 1800. The maximum absolute atomic E-state index is 13.2. The van der Waals surface area contributed by atoms with Crippen LogP contribution in [0.25, 0.3) is 11.1 Å². The Balaban J connectivity index is 1.46. The first-order valence-electron chi connectivity index (χ1n) is 18.4. The molecule has 0 saturated carbocycles. The number of carbonyl (C=O) groups is 2. The summed E-state index contributed by atoms with van der Waals surface area (Å²) in [7, 11) is 0. The third-order valence-corrected chi connectivity index (χ3v) is 8.14. The van der Waals surface area contributed by atoms with Crippen LogP contribution in [0.2, 0.25) is 0 Å². The van der Waals surface area contributed by atoms with Crippen LogP contribution < -0.4 is 28.4 Å². The van der Waals surface area contributed by atoms with Crippen LogP contribution in [0.5, 0.6) is 34.5 Å². The topological polar surface area (TPSA) is 133 Å². The van der Waals surface area contributed by atoms with Gasteiger partial charge in [0.2, 0.25) is 5.75 Å². The van der Waals surface area contributed by atoms with Gasteiger partial charge in [0.05, 0.1) is 42.5 Å². The molecule has 0 aromatic heterocycles. The van der Waals surface area contributed by atoms with Crippen molar-refractivity contribution >= 4 is 17.6 Å². The third kappa shape index (κ3) is 12.0. The van der Waals surface area contributed by atoms with Gasteiger partial charge in [0.1, 0.15) is 5.75 Å². The van der Waals surface area contributed by atoms with Crippen molar-refractivity contribution in [3.05, 3.63) is 100 Å². The van der Waals surface area contributed by atoms with Gasteiger partial charge in [-0.25, -0.2) is 9.59 Å². The Morgan fingerprint density at radius 1 is 0.509 bits per heavy atom. The second kappa shape index (κ2) is 21.1. The minimum Gasteiger partial charge on any atom is -0.490 e. The summed E-state index contributed by atoms with van der Waals surface area (Å²) in [6.45, 7) is 10.3. The first-order chi connectivity index (χ1) is 25.8. The van der Waals surface area contributed by atoms with Gasteiger partial charge in [-0.05, 0) is 91.4 Å². The fraction of sp³-hybridized carbons (Fsp3) is 0.381. The number of hydrogen-bond acceptors (Lipinski definition) is 10. The number of rotatable bonds is 22. The van der Waals surface area contributed by atoms with Crippen molar-refractivity contribution < 1.29 is 42.9 Å². The molecule has 0 radical (unpaired) electrons. The number of esters is 2. The van der Waals surface area contributed by atoms with E-state index in [0.717, 1.165) is 51.4 Å². The zero-order valence-electron chi connectivity index (χ0n) is 31.0. The van der Waals surface area contributed by atoms with Gasteiger partial charge in [-0.1, -0.05) is 71.6 Å². The number of nitro groups is 1. The fourth-order valence-corrected chi connectivity index (χ4v) is 5.01. The molecule has 4 aromatic rings. The fourth-order valence-electron chi connectivity index (χ4n) is 5.01. The van der Waals surface area contributed by atoms with Gasteiger partial charge in [-0.15, -0.1) is 0 Å². The summed E-state index contributed by atoms with van der Waals surface area (Å²) in [5.41, 5.74) is 1.21. The second-order valence-corrected chi connectivity index (χ2v) is 12.4. The molecule has 0 amide bonds. The molecule has 0 atom stereocenters. The lowest BCUT2D eigenvalue weighted by Crippen LogP contribution is -2.11. The van der Waals surface area contributed by atoms with Crippen LogP contribution in [0.3, 0.4) is 0 Å². The van der Waals surface area contributed by atoms with Gasteiger partial charge < -0.3 is 28.4 Å². The molecule has 11 heteroatoms. The highest BCUT2D eigenvalue weighted by Gasteiger charge is 2.22. The predicted molar refractivity (Wildman–Crippen MR) is 203 cm³/mol. The molecule has 0 saturated heterocycles. The number of carbonyl (C=O) groups excluding carboxylic acids is 2. The SMILES string of the molecule is CCCCOc1ccc(C(=O)Oc2ccc(-c3ccc(OC(=O)c4ccc(OCCCC)c(OCCCC)c4)c([N+](=O)[O-])c3)cc2)cc1OCCCC. The Labute approximate surface area is 311 Å². The van der Waals surface area contributed by atoms with Crippen LogP contribution in [0.1, 0.15) is 99.8 Å². The highest BCUT2D eigenvalue weighted by atomic mass is 16.6. The molecule has 0 aliphatic carbocycles. The minimum atomic E-state index is -0.772. The van der Waals surface area contributed by atoms with E-state index in [1.807, 2.05) is 6.92 Å². The van der Waals surface area contributed by atoms with E-state index < -0.39 is 16.9 Å². The normalized spacial score (nSPS) is 10.7. The Kier molecular flexibility index (Phi) is 16.0. The molecule has 0 bridgehead atoms. The molecule has 0 unspecified atom stereocenters. The average Bonchev–Trinajstić information content (AvgIpc) is 3.16. The summed E-state index contributed by atoms with van der Waals surface area (Å²) >= 11 is 0. The van der Waals surface area contributed by atoms with Gasteiger partial charge in [-0.2, -0.15) is 0 Å². The molecule has 0 fully saturated rings. The lowest BCUT2D eigenvalue weighted by molar-refractivity contribution is -0.385. The summed E-state index contributed by atoms with van der Waals surface area (Å²) < 4.78 is 34.7. The van der Waals surface area contributed by atoms with Crippen molar-refractivity contribution in [1.82, 2.24) is 0 Å². The molecule has 4 rings (SSSR count). The molecular weight excluding hydrogens is 678 g/mol. The van der Waals surface area contributed by atoms with E-state index in [0.29, 0.717) is 66.1 Å². The molecule has 0 spiro atoms. The zero-order chi connectivity index (χ0) is 38.0. The van der Waals surface area contributed by atoms with Crippen LogP contribution >= 0.6 is 0 Å². The number of ether oxygens (including phenoxy) is 6. The van der Waals surface area contributed by atoms with E-state index in [1.54, 1.807) is 60.7 Å². The first-order valence-corrected chi connectivity index (χ1v) is 18.4. The lowest BCUT2D eigenvalue weighted by Gasteiger charge is -2.14. The van der Waals surface area contributed by atoms with Crippen molar-refractivity contribution in [2.75, 3.05) is 26.4 Å². The summed E-state index contributed by atoms with van der Waals surface area (Å²) in [5.74, 6) is 0.737. The number of nitrogens with zero attached hydrogens (tertiary/aromatic N) is 1. The molecule has 0 aliphatic rings. The van der Waals surface area contributed by atoms with Crippen molar-refractivity contribution in [2.24, 2.45) is 0 Å². The third-order valence-electron chi connectivity index (χ3n) is 8.14. The van der Waals surface area contributed by atoms with E-state index in [-0.39, 0.29) is 22.7 Å². The molecule has 0 N–H and O–H groups in total. The quantitative estimate of drug-likeness (QED) is 0.0253. The van der Waals surface area contributed by atoms with Gasteiger partial charge in [-0.3, -0.25) is 10.1 Å². The van der Waals surface area contributed by atoms with E-state index in [9.17, 15) is 19.7 Å². The zero-order valence-corrected chi connectivity index (χ0v) is 31.0. The maximum Gasteiger partial charge on any atom is 0.343 e. The second-order valence-electron chi connectivity index (χ2n) is 12.4. The summed E-state index contributed by atoms with van der Waals surface area (Å²) in [6.07, 6.45) is 7.34. The lowest BCUT2D eigenvalue weighted by atomic mass is 10.0. The van der Waals surface area contributed by atoms with E-state index in [2.05, 4.69) is 20.8 Å². The number of unbranched alkanes of at least 4 members (excludes halogenated alkanes) is 4. The van der Waals surface area contributed by atoms with E-state index in [1.165, 1.54) is 18.2 Å². The van der Waals surface area contributed by atoms with Crippen LogP contribution in [-0.4, -0.2) is 43.3 Å². The largest absolute Gasteiger partial charge is 0.490 e. The van der Waals surface area contributed by atoms with Crippen molar-refractivity contribution in [1.29, 1.82) is 0 Å². The molecule has 0 heterocycles. The highest BCUT2D eigenvalue weighted by molar-refractivity contribution is 5.93. The summed E-state index contributed by atoms with van der Waals surface area (Å²) in [5, 5.41) is 12.1. The number of hydrogen-bond donors (Lipinski definition) is 0. The van der Waals surface area contributed by atoms with E-state index >= 15 is 0 Å². The van der Waals surface area contributed by atoms with Gasteiger partial charge >= 0.3 is 17.6 Å². The standard InChI is InChI=1S/C42H49NO10/c1-5-9-23-48-37-21-16-32(28-39(37)50-25-11-7-3)41(44)52-34-18-13-30(14-19-34)31-15-20-36(35(27-31)43(46)47)53-42(45)33-17-22-38(49-24-10-6-2)40(29-33)51-26-12-8-4/h13-22,27-29H,5-12,23-26H2,1-4H3. The molecule has 53 heavy (non-hydrogen) atoms. The smallest absolute Gasteiger partial charge is 0.343 e. The van der Waals surface area contributed by atoms with Gasteiger partial charge in [0, 0.05) is 6.07 Å². The average molecular weight is 728 g/mol. The van der Waals surface area contributed by atoms with E-state index in [4.69, 9.17) is 28.4 Å². The molecule has 11 nitrogen and oxygen atoms in total. The number of nitro benzene ring substituents is 1. The Morgan fingerprint density at radius 3 is 1.38 bits per heavy atom. The van der Waals surface area contributed by atoms with Crippen LogP contribution in [-0.2, 0) is 0 Å². The maximum atomic E-state index is 13.2. The van der Waals surface area contributed by atoms with Gasteiger partial charge in [0.15, 0.2) is 23.0 Å². The van der Waals surface area contributed by atoms with Crippen molar-refractivity contribution in [3.63, 3.8) is 0 Å². The van der Waals surface area contributed by atoms with Crippen LogP contribution in [0.15, 0.2) is 78.9 Å². The summed E-state index contributed by atoms with van der Waals surface area (Å²) in [6, 6.07) is 20.6. The number of benzene rings is 4. The molecule has 4 aromatic carbocycles. The molecule has 282 valence electrons. The van der Waals surface area contributed by atoms with Crippen LogP contribution in [0.4, 0.5) is 5.69 Å². The monoisotopic (exact) mass is 727 g/mol. The Morgan fingerprint density at radius 2 is 0.925 bits per heavy atom. The Hall–Kier alpha value is -5.58. The van der Waals surface area contributed by atoms with Crippen molar-refractivity contribution in [3.8, 4) is 45.6 Å². The van der Waals surface area contributed by atoms with Crippen LogP contribution in [0, 0.1) is 10.1 Å².